The second-order valence-corrected chi connectivity index (χ2v) is 5.62. The number of pyridine rings is 1. The molecule has 0 atom stereocenters. The smallest absolute Gasteiger partial charge is 0.0346 e. The summed E-state index contributed by atoms with van der Waals surface area (Å²) < 4.78 is 0. The zero-order valence-corrected chi connectivity index (χ0v) is 12.6. The van der Waals surface area contributed by atoms with Crippen LogP contribution in [-0.4, -0.2) is 30.5 Å². The first kappa shape index (κ1) is 13.8. The second kappa shape index (κ2) is 6.06. The van der Waals surface area contributed by atoms with Gasteiger partial charge in [0.2, 0.25) is 0 Å². The molecule has 0 N–H and O–H groups in total. The molecule has 0 aliphatic rings. The molecule has 2 nitrogen and oxygen atoms in total. The molecule has 3 rings (SSSR count). The Kier molecular flexibility index (Phi) is 3.98. The maximum atomic E-state index is 4.26. The van der Waals surface area contributed by atoms with E-state index < -0.39 is 0 Å². The van der Waals surface area contributed by atoms with E-state index >= 15 is 0 Å². The lowest BCUT2D eigenvalue weighted by molar-refractivity contribution is 0.414. The molecule has 0 spiro atoms. The molecule has 2 aromatic carbocycles. The molecule has 2 heteroatoms. The van der Waals surface area contributed by atoms with Gasteiger partial charge >= 0.3 is 0 Å². The molecular formula is C19H20N2. The fraction of sp³-hybridized carbons (Fsp3) is 0.211. The Morgan fingerprint density at radius 3 is 2.48 bits per heavy atom. The Balaban J connectivity index is 2.16. The number of rotatable bonds is 4. The normalized spacial score (nSPS) is 11.2. The number of hydrogen-bond donors (Lipinski definition) is 0. The number of fused-ring (bicyclic) bond motifs is 1. The van der Waals surface area contributed by atoms with E-state index in [0.29, 0.717) is 0 Å². The van der Waals surface area contributed by atoms with E-state index in [1.807, 2.05) is 18.5 Å². The topological polar surface area (TPSA) is 16.1 Å². The number of nitrogens with zero attached hydrogens (tertiary/aromatic N) is 2. The highest BCUT2D eigenvalue weighted by Gasteiger charge is 2.08. The summed E-state index contributed by atoms with van der Waals surface area (Å²) in [5.74, 6) is 0. The monoisotopic (exact) mass is 276 g/mol. The molecule has 0 aliphatic heterocycles. The van der Waals surface area contributed by atoms with Crippen LogP contribution < -0.4 is 0 Å². The third-order valence-electron chi connectivity index (χ3n) is 3.79. The van der Waals surface area contributed by atoms with E-state index in [1.54, 1.807) is 0 Å². The SMILES string of the molecule is CN(C)CCc1cccc2cccc(-c3cccnc3)c12. The van der Waals surface area contributed by atoms with Crippen molar-refractivity contribution in [2.24, 2.45) is 0 Å². The third-order valence-corrected chi connectivity index (χ3v) is 3.79. The van der Waals surface area contributed by atoms with E-state index in [9.17, 15) is 0 Å². The summed E-state index contributed by atoms with van der Waals surface area (Å²) in [7, 11) is 4.24. The first-order chi connectivity index (χ1) is 10.3. The maximum Gasteiger partial charge on any atom is 0.0346 e. The van der Waals surface area contributed by atoms with Gasteiger partial charge in [-0.15, -0.1) is 0 Å². The molecule has 21 heavy (non-hydrogen) atoms. The van der Waals surface area contributed by atoms with Crippen molar-refractivity contribution in [3.63, 3.8) is 0 Å². The van der Waals surface area contributed by atoms with Crippen LogP contribution >= 0.6 is 0 Å². The van der Waals surface area contributed by atoms with Gasteiger partial charge in [0.05, 0.1) is 0 Å². The Morgan fingerprint density at radius 2 is 1.76 bits per heavy atom. The van der Waals surface area contributed by atoms with E-state index in [-0.39, 0.29) is 0 Å². The van der Waals surface area contributed by atoms with Gasteiger partial charge in [0.25, 0.3) is 0 Å². The average molecular weight is 276 g/mol. The largest absolute Gasteiger partial charge is 0.309 e. The summed E-state index contributed by atoms with van der Waals surface area (Å²) in [5, 5.41) is 2.66. The first-order valence-electron chi connectivity index (χ1n) is 7.31. The molecule has 0 fully saturated rings. The van der Waals surface area contributed by atoms with Crippen LogP contribution in [-0.2, 0) is 6.42 Å². The summed E-state index contributed by atoms with van der Waals surface area (Å²) in [6.45, 7) is 1.06. The molecule has 1 aromatic heterocycles. The molecule has 0 aliphatic carbocycles. The second-order valence-electron chi connectivity index (χ2n) is 5.62. The van der Waals surface area contributed by atoms with Gasteiger partial charge in [0.1, 0.15) is 0 Å². The number of aromatic nitrogens is 1. The average Bonchev–Trinajstić information content (AvgIpc) is 2.53. The number of hydrogen-bond acceptors (Lipinski definition) is 2. The van der Waals surface area contributed by atoms with Crippen LogP contribution in [0, 0.1) is 0 Å². The van der Waals surface area contributed by atoms with Gasteiger partial charge in [-0.3, -0.25) is 4.98 Å². The van der Waals surface area contributed by atoms with Crippen LogP contribution in [0.3, 0.4) is 0 Å². The number of benzene rings is 2. The first-order valence-corrected chi connectivity index (χ1v) is 7.31. The van der Waals surface area contributed by atoms with Gasteiger partial charge in [-0.25, -0.2) is 0 Å². The van der Waals surface area contributed by atoms with Crippen LogP contribution in [0.1, 0.15) is 5.56 Å². The summed E-state index contributed by atoms with van der Waals surface area (Å²) in [5.41, 5.74) is 3.86. The van der Waals surface area contributed by atoms with Crippen molar-refractivity contribution in [1.82, 2.24) is 9.88 Å². The Morgan fingerprint density at radius 1 is 0.952 bits per heavy atom. The zero-order valence-electron chi connectivity index (χ0n) is 12.6. The van der Waals surface area contributed by atoms with Crippen molar-refractivity contribution >= 4 is 10.8 Å². The molecule has 0 radical (unpaired) electrons. The molecule has 0 saturated heterocycles. The predicted octanol–water partition coefficient (Wildman–Crippen LogP) is 4.01. The highest BCUT2D eigenvalue weighted by molar-refractivity contribution is 5.98. The lowest BCUT2D eigenvalue weighted by atomic mass is 9.94. The maximum absolute atomic E-state index is 4.26. The van der Waals surface area contributed by atoms with Crippen molar-refractivity contribution in [3.05, 3.63) is 66.5 Å². The minimum Gasteiger partial charge on any atom is -0.309 e. The van der Waals surface area contributed by atoms with Crippen molar-refractivity contribution in [2.75, 3.05) is 20.6 Å². The van der Waals surface area contributed by atoms with Crippen LogP contribution in [0.5, 0.6) is 0 Å². The minimum atomic E-state index is 1.06. The van der Waals surface area contributed by atoms with Gasteiger partial charge < -0.3 is 4.90 Å². The highest BCUT2D eigenvalue weighted by atomic mass is 15.0. The van der Waals surface area contributed by atoms with Gasteiger partial charge in [-0.2, -0.15) is 0 Å². The van der Waals surface area contributed by atoms with Crippen LogP contribution in [0.15, 0.2) is 60.9 Å². The summed E-state index contributed by atoms with van der Waals surface area (Å²) in [6.07, 6.45) is 4.82. The van der Waals surface area contributed by atoms with E-state index in [4.69, 9.17) is 0 Å². The summed E-state index contributed by atoms with van der Waals surface area (Å²) in [6, 6.07) is 17.2. The van der Waals surface area contributed by atoms with E-state index in [1.165, 1.54) is 27.5 Å². The summed E-state index contributed by atoms with van der Waals surface area (Å²) >= 11 is 0. The predicted molar refractivity (Wildman–Crippen MR) is 89.4 cm³/mol. The van der Waals surface area contributed by atoms with Crippen LogP contribution in [0.25, 0.3) is 21.9 Å². The van der Waals surface area contributed by atoms with Gasteiger partial charge in [-0.05, 0) is 48.5 Å². The Bertz CT molecular complexity index is 728. The molecule has 106 valence electrons. The van der Waals surface area contributed by atoms with Crippen molar-refractivity contribution in [3.8, 4) is 11.1 Å². The quantitative estimate of drug-likeness (QED) is 0.716. The molecule has 0 saturated carbocycles. The van der Waals surface area contributed by atoms with Gasteiger partial charge in [-0.1, -0.05) is 42.5 Å². The molecule has 1 heterocycles. The summed E-state index contributed by atoms with van der Waals surface area (Å²) in [4.78, 5) is 6.49. The van der Waals surface area contributed by atoms with Crippen LogP contribution in [0.4, 0.5) is 0 Å². The highest BCUT2D eigenvalue weighted by Crippen LogP contribution is 2.31. The minimum absolute atomic E-state index is 1.06. The van der Waals surface area contributed by atoms with Gasteiger partial charge in [0, 0.05) is 24.5 Å². The molecule has 0 bridgehead atoms. The van der Waals surface area contributed by atoms with Crippen molar-refractivity contribution in [1.29, 1.82) is 0 Å². The molecule has 0 amide bonds. The fourth-order valence-corrected chi connectivity index (χ4v) is 2.73. The van der Waals surface area contributed by atoms with E-state index in [0.717, 1.165) is 13.0 Å². The lowest BCUT2D eigenvalue weighted by Gasteiger charge is -2.14. The van der Waals surface area contributed by atoms with Crippen LogP contribution in [0.2, 0.25) is 0 Å². The lowest BCUT2D eigenvalue weighted by Crippen LogP contribution is -2.15. The zero-order chi connectivity index (χ0) is 14.7. The standard InChI is InChI=1S/C19H20N2/c1-21(2)13-11-16-7-3-6-15-8-4-10-18(19(15)16)17-9-5-12-20-14-17/h3-10,12,14H,11,13H2,1-2H3. The molecule has 3 aromatic rings. The van der Waals surface area contributed by atoms with Crippen molar-refractivity contribution in [2.45, 2.75) is 6.42 Å². The van der Waals surface area contributed by atoms with E-state index in [2.05, 4.69) is 66.4 Å². The third kappa shape index (κ3) is 2.96. The molecular weight excluding hydrogens is 256 g/mol. The Labute approximate surface area is 126 Å². The Hall–Kier alpha value is -2.19. The fourth-order valence-electron chi connectivity index (χ4n) is 2.73. The molecule has 0 unspecified atom stereocenters. The van der Waals surface area contributed by atoms with Crippen molar-refractivity contribution < 1.29 is 0 Å². The number of likely N-dealkylation sites (N-methyl/N-ethyl adjacent to an activating group) is 1. The van der Waals surface area contributed by atoms with Gasteiger partial charge in [0.15, 0.2) is 0 Å².